The second-order valence-corrected chi connectivity index (χ2v) is 4.37. The Labute approximate surface area is 101 Å². The normalized spacial score (nSPS) is 12.3. The van der Waals surface area contributed by atoms with E-state index in [9.17, 15) is 4.79 Å². The summed E-state index contributed by atoms with van der Waals surface area (Å²) in [5.74, 6) is -0.0557. The number of benzene rings is 1. The molecule has 1 rings (SSSR count). The lowest BCUT2D eigenvalue weighted by molar-refractivity contribution is 0.0748. The van der Waals surface area contributed by atoms with Gasteiger partial charge in [0.15, 0.2) is 0 Å². The van der Waals surface area contributed by atoms with Gasteiger partial charge in [0.1, 0.15) is 0 Å². The summed E-state index contributed by atoms with van der Waals surface area (Å²) in [7, 11) is 1.74. The highest BCUT2D eigenvalue weighted by Crippen LogP contribution is 2.18. The maximum atomic E-state index is 12.0. The molecule has 88 valence electrons. The fourth-order valence-corrected chi connectivity index (χ4v) is 1.47. The summed E-state index contributed by atoms with van der Waals surface area (Å²) in [6.45, 7) is 4.26. The first-order valence-corrected chi connectivity index (χ1v) is 5.58. The van der Waals surface area contributed by atoms with Crippen molar-refractivity contribution in [3.8, 4) is 0 Å². The summed E-state index contributed by atoms with van der Waals surface area (Å²) in [6, 6.07) is 5.34. The van der Waals surface area contributed by atoms with Crippen molar-refractivity contribution >= 4 is 17.5 Å². The van der Waals surface area contributed by atoms with Gasteiger partial charge in [-0.05, 0) is 31.5 Å². The van der Waals surface area contributed by atoms with Crippen molar-refractivity contribution in [2.24, 2.45) is 5.73 Å². The van der Waals surface area contributed by atoms with E-state index in [0.717, 1.165) is 5.56 Å². The highest BCUT2D eigenvalue weighted by atomic mass is 35.5. The van der Waals surface area contributed by atoms with Crippen molar-refractivity contribution in [1.82, 2.24) is 4.90 Å². The number of halogens is 1. The van der Waals surface area contributed by atoms with Gasteiger partial charge in [-0.15, -0.1) is 0 Å². The smallest absolute Gasteiger partial charge is 0.253 e. The first kappa shape index (κ1) is 13.0. The van der Waals surface area contributed by atoms with E-state index in [0.29, 0.717) is 17.1 Å². The molecule has 0 aliphatic carbocycles. The molecule has 0 bridgehead atoms. The summed E-state index contributed by atoms with van der Waals surface area (Å²) in [5.41, 5.74) is 7.08. The van der Waals surface area contributed by atoms with E-state index < -0.39 is 0 Å². The fraction of sp³-hybridized carbons (Fsp3) is 0.417. The number of rotatable bonds is 3. The van der Waals surface area contributed by atoms with Gasteiger partial charge in [-0.2, -0.15) is 0 Å². The van der Waals surface area contributed by atoms with Crippen LogP contribution in [0.5, 0.6) is 0 Å². The minimum Gasteiger partial charge on any atom is -0.338 e. The van der Waals surface area contributed by atoms with E-state index in [1.165, 1.54) is 0 Å². The maximum absolute atomic E-state index is 12.0. The third-order valence-electron chi connectivity index (χ3n) is 2.74. The van der Waals surface area contributed by atoms with Gasteiger partial charge in [0, 0.05) is 30.2 Å². The molecule has 16 heavy (non-hydrogen) atoms. The van der Waals surface area contributed by atoms with Crippen LogP contribution in [-0.2, 0) is 0 Å². The van der Waals surface area contributed by atoms with Gasteiger partial charge in [-0.3, -0.25) is 4.79 Å². The molecule has 0 aliphatic rings. The van der Waals surface area contributed by atoms with Crippen molar-refractivity contribution in [1.29, 1.82) is 0 Å². The Morgan fingerprint density at radius 2 is 2.19 bits per heavy atom. The summed E-state index contributed by atoms with van der Waals surface area (Å²) in [6.07, 6.45) is 0. The van der Waals surface area contributed by atoms with E-state index >= 15 is 0 Å². The molecule has 1 atom stereocenters. The van der Waals surface area contributed by atoms with Gasteiger partial charge in [0.05, 0.1) is 0 Å². The number of likely N-dealkylation sites (N-methyl/N-ethyl adjacent to an activating group) is 1. The molecular formula is C12H17ClN2O. The molecule has 4 heteroatoms. The van der Waals surface area contributed by atoms with Crippen LogP contribution in [0, 0.1) is 6.92 Å². The number of nitrogens with zero attached hydrogens (tertiary/aromatic N) is 1. The van der Waals surface area contributed by atoms with Crippen molar-refractivity contribution < 1.29 is 4.79 Å². The third-order valence-corrected chi connectivity index (χ3v) is 3.15. The van der Waals surface area contributed by atoms with Crippen LogP contribution in [0.1, 0.15) is 22.8 Å². The van der Waals surface area contributed by atoms with E-state index in [1.54, 1.807) is 24.1 Å². The SMILES string of the molecule is Cc1ccc(C(=O)N(C)C(C)CN)cc1Cl. The van der Waals surface area contributed by atoms with Crippen LogP contribution in [0.2, 0.25) is 5.02 Å². The largest absolute Gasteiger partial charge is 0.338 e. The molecule has 1 aromatic carbocycles. The van der Waals surface area contributed by atoms with E-state index in [1.807, 2.05) is 19.9 Å². The number of carbonyl (C=O) groups excluding carboxylic acids is 1. The predicted octanol–water partition coefficient (Wildman–Crippen LogP) is 2.07. The summed E-state index contributed by atoms with van der Waals surface area (Å²) < 4.78 is 0. The number of carbonyl (C=O) groups is 1. The van der Waals surface area contributed by atoms with Crippen LogP contribution in [0.3, 0.4) is 0 Å². The number of hydrogen-bond donors (Lipinski definition) is 1. The zero-order valence-electron chi connectivity index (χ0n) is 9.83. The van der Waals surface area contributed by atoms with E-state index in [-0.39, 0.29) is 11.9 Å². The highest BCUT2D eigenvalue weighted by molar-refractivity contribution is 6.31. The molecule has 1 unspecified atom stereocenters. The Morgan fingerprint density at radius 3 is 2.69 bits per heavy atom. The molecule has 1 aromatic rings. The number of nitrogens with two attached hydrogens (primary N) is 1. The first-order chi connectivity index (χ1) is 7.47. The van der Waals surface area contributed by atoms with Gasteiger partial charge in [0.25, 0.3) is 5.91 Å². The van der Waals surface area contributed by atoms with Crippen molar-refractivity contribution in [3.05, 3.63) is 34.3 Å². The molecule has 3 nitrogen and oxygen atoms in total. The Morgan fingerprint density at radius 1 is 1.56 bits per heavy atom. The summed E-state index contributed by atoms with van der Waals surface area (Å²) in [4.78, 5) is 13.6. The number of amides is 1. The highest BCUT2D eigenvalue weighted by Gasteiger charge is 2.16. The Hall–Kier alpha value is -1.06. The summed E-state index contributed by atoms with van der Waals surface area (Å²) in [5, 5.41) is 0.611. The fourth-order valence-electron chi connectivity index (χ4n) is 1.29. The standard InChI is InChI=1S/C12H17ClN2O/c1-8-4-5-10(6-11(8)13)12(16)15(3)9(2)7-14/h4-6,9H,7,14H2,1-3H3. The van der Waals surface area contributed by atoms with Crippen LogP contribution < -0.4 is 5.73 Å². The van der Waals surface area contributed by atoms with Gasteiger partial charge >= 0.3 is 0 Å². The lowest BCUT2D eigenvalue weighted by Crippen LogP contribution is -2.39. The molecule has 0 fully saturated rings. The quantitative estimate of drug-likeness (QED) is 0.879. The second-order valence-electron chi connectivity index (χ2n) is 3.96. The molecule has 0 heterocycles. The van der Waals surface area contributed by atoms with Crippen LogP contribution in [0.15, 0.2) is 18.2 Å². The average Bonchev–Trinajstić information content (AvgIpc) is 2.29. The zero-order chi connectivity index (χ0) is 12.3. The van der Waals surface area contributed by atoms with Crippen LogP contribution >= 0.6 is 11.6 Å². The Balaban J connectivity index is 2.92. The Kier molecular flexibility index (Phi) is 4.33. The van der Waals surface area contributed by atoms with Gasteiger partial charge in [-0.1, -0.05) is 17.7 Å². The average molecular weight is 241 g/mol. The molecule has 0 spiro atoms. The number of hydrogen-bond acceptors (Lipinski definition) is 2. The molecule has 0 aromatic heterocycles. The van der Waals surface area contributed by atoms with Gasteiger partial charge < -0.3 is 10.6 Å². The molecule has 0 aliphatic heterocycles. The minimum atomic E-state index is -0.0557. The van der Waals surface area contributed by atoms with Crippen LogP contribution in [-0.4, -0.2) is 30.4 Å². The Bertz CT molecular complexity index is 393. The molecule has 0 radical (unpaired) electrons. The number of aryl methyl sites for hydroxylation is 1. The van der Waals surface area contributed by atoms with Crippen LogP contribution in [0.25, 0.3) is 0 Å². The monoisotopic (exact) mass is 240 g/mol. The van der Waals surface area contributed by atoms with Crippen molar-refractivity contribution in [2.45, 2.75) is 19.9 Å². The zero-order valence-corrected chi connectivity index (χ0v) is 10.6. The molecule has 0 saturated carbocycles. The predicted molar refractivity (Wildman–Crippen MR) is 66.8 cm³/mol. The third kappa shape index (κ3) is 2.74. The molecule has 1 amide bonds. The first-order valence-electron chi connectivity index (χ1n) is 5.20. The van der Waals surface area contributed by atoms with Crippen LogP contribution in [0.4, 0.5) is 0 Å². The molecule has 0 saturated heterocycles. The topological polar surface area (TPSA) is 46.3 Å². The second kappa shape index (κ2) is 5.32. The summed E-state index contributed by atoms with van der Waals surface area (Å²) >= 11 is 5.98. The lowest BCUT2D eigenvalue weighted by Gasteiger charge is -2.23. The molecular weight excluding hydrogens is 224 g/mol. The van der Waals surface area contributed by atoms with E-state index in [2.05, 4.69) is 0 Å². The van der Waals surface area contributed by atoms with E-state index in [4.69, 9.17) is 17.3 Å². The minimum absolute atomic E-state index is 0.0209. The maximum Gasteiger partial charge on any atom is 0.253 e. The van der Waals surface area contributed by atoms with Gasteiger partial charge in [0.2, 0.25) is 0 Å². The van der Waals surface area contributed by atoms with Crippen molar-refractivity contribution in [2.75, 3.05) is 13.6 Å². The molecule has 2 N–H and O–H groups in total. The van der Waals surface area contributed by atoms with Crippen molar-refractivity contribution in [3.63, 3.8) is 0 Å². The van der Waals surface area contributed by atoms with Gasteiger partial charge in [-0.25, -0.2) is 0 Å². The lowest BCUT2D eigenvalue weighted by atomic mass is 10.1.